The highest BCUT2D eigenvalue weighted by atomic mass is 79.9. The summed E-state index contributed by atoms with van der Waals surface area (Å²) in [5.74, 6) is 0. The summed E-state index contributed by atoms with van der Waals surface area (Å²) in [7, 11) is 2.14. The quantitative estimate of drug-likeness (QED) is 0.924. The van der Waals surface area contributed by atoms with Crippen LogP contribution in [0.25, 0.3) is 0 Å². The molecule has 1 aromatic heterocycles. The maximum absolute atomic E-state index is 5.44. The Kier molecular flexibility index (Phi) is 4.64. The minimum Gasteiger partial charge on any atom is -0.379 e. The molecule has 2 heterocycles. The average molecular weight is 305 g/mol. The Bertz CT molecular complexity index is 326. The number of ether oxygens (including phenoxy) is 1. The van der Waals surface area contributed by atoms with E-state index in [4.69, 9.17) is 4.74 Å². The van der Waals surface area contributed by atoms with Crippen LogP contribution in [-0.4, -0.2) is 39.4 Å². The predicted octanol–water partition coefficient (Wildman–Crippen LogP) is 2.33. The zero-order valence-electron chi connectivity index (χ0n) is 9.41. The lowest BCUT2D eigenvalue weighted by Crippen LogP contribution is -2.42. The average Bonchev–Trinajstić information content (AvgIpc) is 2.74. The van der Waals surface area contributed by atoms with Crippen LogP contribution in [0.5, 0.6) is 0 Å². The van der Waals surface area contributed by atoms with Gasteiger partial charge in [0.25, 0.3) is 0 Å². The fourth-order valence-corrected chi connectivity index (χ4v) is 3.18. The maximum atomic E-state index is 5.44. The van der Waals surface area contributed by atoms with Crippen LogP contribution in [0.2, 0.25) is 0 Å². The van der Waals surface area contributed by atoms with Gasteiger partial charge in [-0.2, -0.15) is 0 Å². The molecule has 0 radical (unpaired) electrons. The Morgan fingerprint density at radius 2 is 2.56 bits per heavy atom. The number of thiophene rings is 1. The van der Waals surface area contributed by atoms with Crippen molar-refractivity contribution in [2.45, 2.75) is 12.5 Å². The van der Waals surface area contributed by atoms with Gasteiger partial charge < -0.3 is 15.0 Å². The van der Waals surface area contributed by atoms with Crippen molar-refractivity contribution >= 4 is 32.3 Å². The van der Waals surface area contributed by atoms with Gasteiger partial charge in [0.05, 0.1) is 18.2 Å². The molecule has 1 unspecified atom stereocenters. The van der Waals surface area contributed by atoms with Crippen LogP contribution in [-0.2, 0) is 4.74 Å². The van der Waals surface area contributed by atoms with Gasteiger partial charge in [0.1, 0.15) is 0 Å². The van der Waals surface area contributed by atoms with Crippen molar-refractivity contribution in [3.63, 3.8) is 0 Å². The normalized spacial score (nSPS) is 21.0. The number of hydrogen-bond donors (Lipinski definition) is 1. The number of nitrogens with one attached hydrogen (secondary N) is 1. The molecule has 0 amide bonds. The molecular formula is C11H17BrN2OS. The Hall–Kier alpha value is -0.100. The molecule has 90 valence electrons. The Morgan fingerprint density at radius 1 is 1.69 bits per heavy atom. The summed E-state index contributed by atoms with van der Waals surface area (Å²) < 4.78 is 6.60. The lowest BCUT2D eigenvalue weighted by atomic mass is 10.2. The fourth-order valence-electron chi connectivity index (χ4n) is 1.77. The van der Waals surface area contributed by atoms with Crippen molar-refractivity contribution in [1.82, 2.24) is 5.32 Å². The molecular weight excluding hydrogens is 288 g/mol. The van der Waals surface area contributed by atoms with Gasteiger partial charge in [-0.1, -0.05) is 0 Å². The number of hydrogen-bond acceptors (Lipinski definition) is 4. The van der Waals surface area contributed by atoms with Crippen molar-refractivity contribution in [1.29, 1.82) is 0 Å². The van der Waals surface area contributed by atoms with Crippen LogP contribution in [0, 0.1) is 0 Å². The second kappa shape index (κ2) is 6.00. The van der Waals surface area contributed by atoms with E-state index in [1.54, 1.807) is 11.3 Å². The van der Waals surface area contributed by atoms with Gasteiger partial charge in [-0.25, -0.2) is 0 Å². The first-order valence-corrected chi connectivity index (χ1v) is 7.19. The van der Waals surface area contributed by atoms with Crippen molar-refractivity contribution in [3.8, 4) is 0 Å². The van der Waals surface area contributed by atoms with E-state index in [1.807, 2.05) is 0 Å². The largest absolute Gasteiger partial charge is 0.379 e. The first-order valence-electron chi connectivity index (χ1n) is 5.52. The molecule has 1 aromatic rings. The third-order valence-electron chi connectivity index (χ3n) is 2.74. The number of morpholine rings is 1. The lowest BCUT2D eigenvalue weighted by molar-refractivity contribution is 0.0749. The molecule has 1 aliphatic rings. The third kappa shape index (κ3) is 3.45. The van der Waals surface area contributed by atoms with E-state index in [9.17, 15) is 0 Å². The van der Waals surface area contributed by atoms with Gasteiger partial charge in [-0.15, -0.1) is 11.3 Å². The van der Waals surface area contributed by atoms with Gasteiger partial charge in [0, 0.05) is 36.0 Å². The van der Waals surface area contributed by atoms with Crippen LogP contribution in [0.4, 0.5) is 5.00 Å². The Labute approximate surface area is 109 Å². The molecule has 1 atom stereocenters. The van der Waals surface area contributed by atoms with Crippen LogP contribution >= 0.6 is 27.3 Å². The van der Waals surface area contributed by atoms with Crippen LogP contribution in [0.15, 0.2) is 15.9 Å². The summed E-state index contributed by atoms with van der Waals surface area (Å²) in [5.41, 5.74) is 0. The van der Waals surface area contributed by atoms with Gasteiger partial charge >= 0.3 is 0 Å². The van der Waals surface area contributed by atoms with E-state index < -0.39 is 0 Å². The fraction of sp³-hybridized carbons (Fsp3) is 0.636. The molecule has 1 aliphatic heterocycles. The summed E-state index contributed by atoms with van der Waals surface area (Å²) in [6.07, 6.45) is 1.13. The smallest absolute Gasteiger partial charge is 0.0917 e. The molecule has 0 bridgehead atoms. The van der Waals surface area contributed by atoms with E-state index in [0.717, 1.165) is 32.7 Å². The summed E-state index contributed by atoms with van der Waals surface area (Å²) in [6.45, 7) is 3.75. The summed E-state index contributed by atoms with van der Waals surface area (Å²) in [5, 5.41) is 6.90. The molecule has 0 aliphatic carbocycles. The van der Waals surface area contributed by atoms with Crippen molar-refractivity contribution in [3.05, 3.63) is 15.9 Å². The summed E-state index contributed by atoms with van der Waals surface area (Å²) in [4.78, 5) is 2.30. The third-order valence-corrected chi connectivity index (χ3v) is 4.54. The van der Waals surface area contributed by atoms with Gasteiger partial charge in [0.2, 0.25) is 0 Å². The lowest BCUT2D eigenvalue weighted by Gasteiger charge is -2.26. The zero-order chi connectivity index (χ0) is 11.4. The van der Waals surface area contributed by atoms with E-state index >= 15 is 0 Å². The molecule has 0 aromatic carbocycles. The Balaban J connectivity index is 1.76. The van der Waals surface area contributed by atoms with Crippen LogP contribution in [0.1, 0.15) is 6.42 Å². The highest BCUT2D eigenvalue weighted by molar-refractivity contribution is 9.10. The summed E-state index contributed by atoms with van der Waals surface area (Å²) >= 11 is 5.25. The van der Waals surface area contributed by atoms with Gasteiger partial charge in [-0.3, -0.25) is 0 Å². The summed E-state index contributed by atoms with van der Waals surface area (Å²) in [6, 6.07) is 2.68. The monoisotopic (exact) mass is 304 g/mol. The van der Waals surface area contributed by atoms with Crippen molar-refractivity contribution in [2.75, 3.05) is 38.3 Å². The second-order valence-corrected chi connectivity index (χ2v) is 5.84. The first-order chi connectivity index (χ1) is 7.75. The van der Waals surface area contributed by atoms with Gasteiger partial charge in [0.15, 0.2) is 0 Å². The molecule has 1 saturated heterocycles. The van der Waals surface area contributed by atoms with Crippen LogP contribution < -0.4 is 10.2 Å². The van der Waals surface area contributed by atoms with E-state index in [2.05, 4.69) is 44.6 Å². The Morgan fingerprint density at radius 3 is 3.19 bits per heavy atom. The standard InChI is InChI=1S/C11H17BrN2OS/c1-14(11-6-9(12)8-16-11)4-2-10-7-15-5-3-13-10/h6,8,10,13H,2-5,7H2,1H3. The first kappa shape index (κ1) is 12.4. The molecule has 16 heavy (non-hydrogen) atoms. The minimum atomic E-state index is 0.514. The van der Waals surface area contributed by atoms with E-state index in [0.29, 0.717) is 6.04 Å². The van der Waals surface area contributed by atoms with Gasteiger partial charge in [-0.05, 0) is 28.4 Å². The van der Waals surface area contributed by atoms with Crippen molar-refractivity contribution < 1.29 is 4.74 Å². The molecule has 5 heteroatoms. The highest BCUT2D eigenvalue weighted by Gasteiger charge is 2.13. The molecule has 3 nitrogen and oxygen atoms in total. The van der Waals surface area contributed by atoms with Crippen LogP contribution in [0.3, 0.4) is 0 Å². The highest BCUT2D eigenvalue weighted by Crippen LogP contribution is 2.27. The second-order valence-electron chi connectivity index (χ2n) is 4.04. The minimum absolute atomic E-state index is 0.514. The topological polar surface area (TPSA) is 24.5 Å². The maximum Gasteiger partial charge on any atom is 0.0917 e. The SMILES string of the molecule is CN(CCC1COCCN1)c1cc(Br)cs1. The van der Waals surface area contributed by atoms with E-state index in [1.165, 1.54) is 9.47 Å². The number of nitrogens with zero attached hydrogens (tertiary/aromatic N) is 1. The molecule has 2 rings (SSSR count). The van der Waals surface area contributed by atoms with Crippen molar-refractivity contribution in [2.24, 2.45) is 0 Å². The number of rotatable bonds is 4. The zero-order valence-corrected chi connectivity index (χ0v) is 11.8. The molecule has 1 N–H and O–H groups in total. The molecule has 0 spiro atoms. The van der Waals surface area contributed by atoms with E-state index in [-0.39, 0.29) is 0 Å². The number of halogens is 1. The number of anilines is 1. The molecule has 0 saturated carbocycles. The molecule has 1 fully saturated rings. The predicted molar refractivity (Wildman–Crippen MR) is 72.5 cm³/mol.